The molecule has 0 spiro atoms. The Bertz CT molecular complexity index is 1460. The summed E-state index contributed by atoms with van der Waals surface area (Å²) in [4.78, 5) is 0. The summed E-state index contributed by atoms with van der Waals surface area (Å²) in [6.07, 6.45) is 5.38. The number of hydrogen-bond donors (Lipinski definition) is 1. The number of fused-ring (bicyclic) bond motifs is 1. The second-order valence-corrected chi connectivity index (χ2v) is 7.43. The van der Waals surface area contributed by atoms with E-state index in [1.54, 1.807) is 26.6 Å². The third kappa shape index (κ3) is 4.16. The second-order valence-electron chi connectivity index (χ2n) is 7.43. The van der Waals surface area contributed by atoms with Crippen LogP contribution in [0.1, 0.15) is 5.56 Å². The maximum Gasteiger partial charge on any atom is 0.176 e. The van der Waals surface area contributed by atoms with Crippen molar-refractivity contribution in [2.45, 2.75) is 0 Å². The van der Waals surface area contributed by atoms with Gasteiger partial charge in [-0.1, -0.05) is 42.5 Å². The van der Waals surface area contributed by atoms with Crippen LogP contribution in [-0.4, -0.2) is 40.4 Å². The molecule has 0 atom stereocenters. The van der Waals surface area contributed by atoms with Gasteiger partial charge < -0.3 is 9.47 Å². The van der Waals surface area contributed by atoms with Crippen LogP contribution in [0.5, 0.6) is 11.5 Å². The molecule has 5 rings (SSSR count). The first-order valence-electron chi connectivity index (χ1n) is 10.6. The highest BCUT2D eigenvalue weighted by molar-refractivity contribution is 5.92. The Hall–Kier alpha value is -4.72. The Kier molecular flexibility index (Phi) is 5.85. The predicted molar refractivity (Wildman–Crippen MR) is 133 cm³/mol. The molecule has 0 amide bonds. The summed E-state index contributed by atoms with van der Waals surface area (Å²) in [5.74, 6) is 1.86. The predicted octanol–water partition coefficient (Wildman–Crippen LogP) is 4.95. The fraction of sp³-hybridized carbons (Fsp3) is 0.0769. The van der Waals surface area contributed by atoms with E-state index in [1.807, 2.05) is 83.7 Å². The minimum absolute atomic E-state index is 0.581. The number of ether oxygens (including phenoxy) is 2. The normalized spacial score (nSPS) is 11.1. The number of hydrazone groups is 1. The SMILES string of the molecule is COc1ccc(-c2nn(-c3ccccc3)cc2C=NNc2nncc3ccccc23)cc1OC. The third-order valence-corrected chi connectivity index (χ3v) is 5.36. The van der Waals surface area contributed by atoms with Gasteiger partial charge in [0.05, 0.1) is 32.3 Å². The lowest BCUT2D eigenvalue weighted by Crippen LogP contribution is -1.97. The topological polar surface area (TPSA) is 86.5 Å². The van der Waals surface area contributed by atoms with Crippen LogP contribution in [0.15, 0.2) is 90.3 Å². The van der Waals surface area contributed by atoms with Gasteiger partial charge in [0.15, 0.2) is 17.3 Å². The van der Waals surface area contributed by atoms with Gasteiger partial charge in [0, 0.05) is 28.1 Å². The number of rotatable bonds is 7. The van der Waals surface area contributed by atoms with Crippen LogP contribution >= 0.6 is 0 Å². The maximum atomic E-state index is 5.49. The largest absolute Gasteiger partial charge is 0.493 e. The number of anilines is 1. The van der Waals surface area contributed by atoms with Gasteiger partial charge in [-0.3, -0.25) is 5.43 Å². The molecule has 1 N–H and O–H groups in total. The second kappa shape index (κ2) is 9.41. The summed E-state index contributed by atoms with van der Waals surface area (Å²) < 4.78 is 12.7. The van der Waals surface area contributed by atoms with Gasteiger partial charge in [0.1, 0.15) is 5.69 Å². The zero-order valence-electron chi connectivity index (χ0n) is 18.7. The molecular weight excluding hydrogens is 428 g/mol. The molecule has 8 heteroatoms. The summed E-state index contributed by atoms with van der Waals surface area (Å²) in [5.41, 5.74) is 6.40. The van der Waals surface area contributed by atoms with Crippen LogP contribution in [0, 0.1) is 0 Å². The minimum atomic E-state index is 0.581. The number of aromatic nitrogens is 4. The standard InChI is InChI=1S/C26H22N6O2/c1-33-23-13-12-18(14-24(23)34-2)25-20(17-32(31-25)21-9-4-3-5-10-21)16-28-30-26-22-11-7-6-8-19(22)15-27-29-26/h3-17H,1-2H3,(H,29,30). The number of benzene rings is 3. The van der Waals surface area contributed by atoms with E-state index in [1.165, 1.54) is 0 Å². The summed E-state index contributed by atoms with van der Waals surface area (Å²) in [6.45, 7) is 0. The molecule has 0 fully saturated rings. The van der Waals surface area contributed by atoms with E-state index in [2.05, 4.69) is 20.7 Å². The summed E-state index contributed by atoms with van der Waals surface area (Å²) in [7, 11) is 3.23. The Morgan fingerprint density at radius 2 is 1.71 bits per heavy atom. The lowest BCUT2D eigenvalue weighted by Gasteiger charge is -2.09. The van der Waals surface area contributed by atoms with Crippen LogP contribution < -0.4 is 14.9 Å². The molecule has 0 saturated heterocycles. The number of nitrogens with one attached hydrogen (secondary N) is 1. The first-order chi connectivity index (χ1) is 16.8. The van der Waals surface area contributed by atoms with E-state index < -0.39 is 0 Å². The van der Waals surface area contributed by atoms with Crippen molar-refractivity contribution in [3.63, 3.8) is 0 Å². The van der Waals surface area contributed by atoms with Crippen LogP contribution in [0.2, 0.25) is 0 Å². The molecule has 0 unspecified atom stereocenters. The zero-order valence-corrected chi connectivity index (χ0v) is 18.7. The van der Waals surface area contributed by atoms with Gasteiger partial charge in [0.2, 0.25) is 0 Å². The van der Waals surface area contributed by atoms with Gasteiger partial charge in [-0.25, -0.2) is 4.68 Å². The van der Waals surface area contributed by atoms with Crippen molar-refractivity contribution in [3.05, 3.63) is 90.8 Å². The van der Waals surface area contributed by atoms with Gasteiger partial charge in [0.25, 0.3) is 0 Å². The number of methoxy groups -OCH3 is 2. The van der Waals surface area contributed by atoms with Crippen molar-refractivity contribution in [1.29, 1.82) is 0 Å². The van der Waals surface area contributed by atoms with E-state index >= 15 is 0 Å². The highest BCUT2D eigenvalue weighted by Crippen LogP contribution is 2.33. The average Bonchev–Trinajstić information content (AvgIpc) is 3.33. The van der Waals surface area contributed by atoms with E-state index in [0.717, 1.165) is 33.3 Å². The zero-order chi connectivity index (χ0) is 23.3. The molecule has 0 bridgehead atoms. The molecule has 0 aliphatic heterocycles. The summed E-state index contributed by atoms with van der Waals surface area (Å²) in [6, 6.07) is 23.5. The van der Waals surface area contributed by atoms with E-state index in [4.69, 9.17) is 14.6 Å². The van der Waals surface area contributed by atoms with Crippen LogP contribution in [0.3, 0.4) is 0 Å². The van der Waals surface area contributed by atoms with Crippen LogP contribution in [0.4, 0.5) is 5.82 Å². The monoisotopic (exact) mass is 450 g/mol. The highest BCUT2D eigenvalue weighted by atomic mass is 16.5. The van der Waals surface area contributed by atoms with Crippen molar-refractivity contribution in [3.8, 4) is 28.4 Å². The van der Waals surface area contributed by atoms with E-state index in [-0.39, 0.29) is 0 Å². The summed E-state index contributed by atoms with van der Waals surface area (Å²) >= 11 is 0. The van der Waals surface area contributed by atoms with Crippen molar-refractivity contribution in [2.24, 2.45) is 5.10 Å². The molecule has 2 aromatic heterocycles. The van der Waals surface area contributed by atoms with Crippen LogP contribution in [-0.2, 0) is 0 Å². The minimum Gasteiger partial charge on any atom is -0.493 e. The van der Waals surface area contributed by atoms with Crippen molar-refractivity contribution in [1.82, 2.24) is 20.0 Å². The molecule has 0 radical (unpaired) electrons. The molecule has 0 aliphatic carbocycles. The molecule has 3 aromatic carbocycles. The van der Waals surface area contributed by atoms with Gasteiger partial charge >= 0.3 is 0 Å². The van der Waals surface area contributed by atoms with Gasteiger partial charge in [-0.05, 0) is 30.3 Å². The van der Waals surface area contributed by atoms with Crippen molar-refractivity contribution < 1.29 is 9.47 Å². The molecule has 5 aromatic rings. The lowest BCUT2D eigenvalue weighted by molar-refractivity contribution is 0.355. The van der Waals surface area contributed by atoms with Gasteiger partial charge in [-0.2, -0.15) is 15.3 Å². The Labute approximate surface area is 196 Å². The summed E-state index contributed by atoms with van der Waals surface area (Å²) in [5, 5.41) is 19.4. The molecule has 34 heavy (non-hydrogen) atoms. The first kappa shape index (κ1) is 21.1. The molecule has 0 saturated carbocycles. The average molecular weight is 451 g/mol. The molecule has 168 valence electrons. The fourth-order valence-corrected chi connectivity index (χ4v) is 3.68. The van der Waals surface area contributed by atoms with E-state index in [9.17, 15) is 0 Å². The smallest absolute Gasteiger partial charge is 0.176 e. The van der Waals surface area contributed by atoms with Crippen LogP contribution in [0.25, 0.3) is 27.7 Å². The van der Waals surface area contributed by atoms with Crippen molar-refractivity contribution >= 4 is 22.8 Å². The van der Waals surface area contributed by atoms with Gasteiger partial charge in [-0.15, -0.1) is 5.10 Å². The first-order valence-corrected chi connectivity index (χ1v) is 10.6. The quantitative estimate of drug-likeness (QED) is 0.279. The number of nitrogens with zero attached hydrogens (tertiary/aromatic N) is 5. The lowest BCUT2D eigenvalue weighted by atomic mass is 10.1. The fourth-order valence-electron chi connectivity index (χ4n) is 3.68. The molecule has 2 heterocycles. The number of hydrogen-bond acceptors (Lipinski definition) is 7. The Morgan fingerprint density at radius 1 is 0.912 bits per heavy atom. The maximum absolute atomic E-state index is 5.49. The van der Waals surface area contributed by atoms with E-state index in [0.29, 0.717) is 17.3 Å². The van der Waals surface area contributed by atoms with Crippen molar-refractivity contribution in [2.75, 3.05) is 19.6 Å². The Balaban J connectivity index is 1.53. The molecule has 8 nitrogen and oxygen atoms in total. The highest BCUT2D eigenvalue weighted by Gasteiger charge is 2.14. The Morgan fingerprint density at radius 3 is 2.53 bits per heavy atom. The number of para-hydroxylation sites is 1. The molecular formula is C26H22N6O2. The molecule has 0 aliphatic rings. The third-order valence-electron chi connectivity index (χ3n) is 5.36.